The summed E-state index contributed by atoms with van der Waals surface area (Å²) in [6.45, 7) is 4.35. The van der Waals surface area contributed by atoms with Gasteiger partial charge in [-0.25, -0.2) is 9.97 Å². The number of rotatable bonds is 7. The predicted octanol–water partition coefficient (Wildman–Crippen LogP) is 18.8. The molecular formula is C68H49BrN6. The fraction of sp³-hybridized carbons (Fsp3) is 0.0588. The van der Waals surface area contributed by atoms with Crippen LogP contribution in [-0.4, -0.2) is 19.1 Å². The molecule has 0 amide bonds. The summed E-state index contributed by atoms with van der Waals surface area (Å²) in [5.41, 5.74) is 21.0. The molecule has 0 atom stereocenters. The Morgan fingerprint density at radius 3 is 1.25 bits per heavy atom. The van der Waals surface area contributed by atoms with Crippen LogP contribution in [0.3, 0.4) is 0 Å². The van der Waals surface area contributed by atoms with Crippen molar-refractivity contribution in [2.24, 2.45) is 0 Å². The molecule has 2 aromatic heterocycles. The third kappa shape index (κ3) is 7.21. The highest BCUT2D eigenvalue weighted by atomic mass is 79.9. The molecule has 0 N–H and O–H groups in total. The van der Waals surface area contributed by atoms with E-state index in [2.05, 4.69) is 285 Å². The highest BCUT2D eigenvalue weighted by Crippen LogP contribution is 2.51. The summed E-state index contributed by atoms with van der Waals surface area (Å²) in [4.78, 5) is 14.7. The molecule has 0 fully saturated rings. The number of hydrogen-bond acceptors (Lipinski definition) is 4. The number of fused-ring (bicyclic) bond motifs is 6. The molecule has 0 spiro atoms. The average Bonchev–Trinajstić information content (AvgIpc) is 4.13. The third-order valence-electron chi connectivity index (χ3n) is 14.9. The van der Waals surface area contributed by atoms with Crippen molar-refractivity contribution in [2.45, 2.75) is 26.7 Å². The lowest BCUT2D eigenvalue weighted by molar-refractivity contribution is 0.900. The van der Waals surface area contributed by atoms with E-state index in [0.717, 1.165) is 79.6 Å². The number of halogens is 1. The van der Waals surface area contributed by atoms with Gasteiger partial charge < -0.3 is 9.80 Å². The summed E-state index contributed by atoms with van der Waals surface area (Å²) >= 11 is 3.64. The van der Waals surface area contributed by atoms with E-state index in [1.165, 1.54) is 71.8 Å². The van der Waals surface area contributed by atoms with Gasteiger partial charge >= 0.3 is 0 Å². The molecular weight excluding hydrogens is 981 g/mol. The molecule has 0 bridgehead atoms. The van der Waals surface area contributed by atoms with Crippen LogP contribution in [0.4, 0.5) is 34.1 Å². The number of para-hydroxylation sites is 4. The van der Waals surface area contributed by atoms with Crippen molar-refractivity contribution in [1.29, 1.82) is 0 Å². The van der Waals surface area contributed by atoms with Gasteiger partial charge in [-0.3, -0.25) is 9.13 Å². The molecule has 75 heavy (non-hydrogen) atoms. The topological polar surface area (TPSA) is 42.1 Å². The number of benzene rings is 11. The normalized spacial score (nSPS) is 12.3. The van der Waals surface area contributed by atoms with Crippen molar-refractivity contribution < 1.29 is 0 Å². The zero-order chi connectivity index (χ0) is 50.1. The number of hydrogen-bond donors (Lipinski definition) is 0. The Bertz CT molecular complexity index is 4290. The van der Waals surface area contributed by atoms with E-state index in [1.807, 2.05) is 0 Å². The van der Waals surface area contributed by atoms with E-state index in [1.54, 1.807) is 0 Å². The van der Waals surface area contributed by atoms with Gasteiger partial charge in [-0.15, -0.1) is 0 Å². The molecule has 13 aromatic rings. The highest BCUT2D eigenvalue weighted by molar-refractivity contribution is 9.10. The predicted molar refractivity (Wildman–Crippen MR) is 316 cm³/mol. The summed E-state index contributed by atoms with van der Waals surface area (Å²) in [5.74, 6) is 2.17. The second kappa shape index (κ2) is 18.2. The van der Waals surface area contributed by atoms with Crippen molar-refractivity contribution in [3.8, 4) is 44.8 Å². The van der Waals surface area contributed by atoms with E-state index in [-0.39, 0.29) is 0 Å². The minimum Gasteiger partial charge on any atom is -0.306 e. The second-order valence-corrected chi connectivity index (χ2v) is 20.1. The molecule has 2 aliphatic rings. The molecule has 0 aliphatic carbocycles. The molecule has 6 nitrogen and oxygen atoms in total. The zero-order valence-electron chi connectivity index (χ0n) is 41.5. The van der Waals surface area contributed by atoms with Crippen LogP contribution in [0.15, 0.2) is 241 Å². The van der Waals surface area contributed by atoms with Gasteiger partial charge in [-0.1, -0.05) is 181 Å². The van der Waals surface area contributed by atoms with Gasteiger partial charge in [0.15, 0.2) is 0 Å². The Morgan fingerprint density at radius 1 is 0.333 bits per heavy atom. The van der Waals surface area contributed by atoms with Crippen LogP contribution in [0.5, 0.6) is 0 Å². The Hall–Kier alpha value is -9.04. The first kappa shape index (κ1) is 44.6. The lowest BCUT2D eigenvalue weighted by Gasteiger charge is -2.33. The first-order valence-corrected chi connectivity index (χ1v) is 26.6. The maximum absolute atomic E-state index is 5.09. The Balaban J connectivity index is 0.000000172. The molecule has 0 unspecified atom stereocenters. The van der Waals surface area contributed by atoms with E-state index in [9.17, 15) is 0 Å². The van der Waals surface area contributed by atoms with Crippen molar-refractivity contribution in [2.75, 3.05) is 9.80 Å². The molecule has 0 saturated carbocycles. The van der Waals surface area contributed by atoms with Gasteiger partial charge in [0.05, 0.1) is 56.2 Å². The van der Waals surface area contributed by atoms with E-state index in [4.69, 9.17) is 9.97 Å². The lowest BCUT2D eigenvalue weighted by atomic mass is 9.85. The quantitative estimate of drug-likeness (QED) is 0.149. The highest BCUT2D eigenvalue weighted by Gasteiger charge is 2.31. The maximum Gasteiger partial charge on any atom is 0.114 e. The van der Waals surface area contributed by atoms with E-state index >= 15 is 0 Å². The minimum atomic E-state index is 0.850. The van der Waals surface area contributed by atoms with Crippen LogP contribution in [0.1, 0.15) is 25.5 Å². The first-order chi connectivity index (χ1) is 37.1. The van der Waals surface area contributed by atoms with Crippen molar-refractivity contribution in [3.05, 3.63) is 253 Å². The van der Waals surface area contributed by atoms with Crippen LogP contribution in [0.25, 0.3) is 88.4 Å². The van der Waals surface area contributed by atoms with Gasteiger partial charge in [-0.2, -0.15) is 0 Å². The number of nitrogens with zero attached hydrogens (tertiary/aromatic N) is 6. The molecule has 0 saturated heterocycles. The van der Waals surface area contributed by atoms with Gasteiger partial charge in [0.25, 0.3) is 0 Å². The Labute approximate surface area is 444 Å². The van der Waals surface area contributed by atoms with Gasteiger partial charge in [0.1, 0.15) is 11.6 Å². The van der Waals surface area contributed by atoms with Crippen LogP contribution in [0, 0.1) is 0 Å². The molecule has 7 heteroatoms. The summed E-state index contributed by atoms with van der Waals surface area (Å²) < 4.78 is 5.76. The van der Waals surface area contributed by atoms with Gasteiger partial charge in [0.2, 0.25) is 0 Å². The fourth-order valence-electron chi connectivity index (χ4n) is 11.8. The molecule has 11 aromatic carbocycles. The van der Waals surface area contributed by atoms with Crippen molar-refractivity contribution >= 4 is 93.7 Å². The largest absolute Gasteiger partial charge is 0.306 e. The van der Waals surface area contributed by atoms with Crippen LogP contribution in [0.2, 0.25) is 0 Å². The lowest BCUT2D eigenvalue weighted by Crippen LogP contribution is -2.19. The van der Waals surface area contributed by atoms with Crippen molar-refractivity contribution in [1.82, 2.24) is 19.1 Å². The van der Waals surface area contributed by atoms with Gasteiger partial charge in [0, 0.05) is 28.7 Å². The Morgan fingerprint density at radius 2 is 0.747 bits per heavy atom. The summed E-state index contributed by atoms with van der Waals surface area (Å²) in [5, 5.41) is 4.99. The number of aromatic nitrogens is 4. The summed E-state index contributed by atoms with van der Waals surface area (Å²) in [6, 6.07) is 85.0. The Kier molecular flexibility index (Phi) is 10.8. The van der Waals surface area contributed by atoms with Crippen molar-refractivity contribution in [3.63, 3.8) is 0 Å². The fourth-order valence-corrected chi connectivity index (χ4v) is 12.1. The third-order valence-corrected chi connectivity index (χ3v) is 15.4. The standard InChI is InChI=1S/C47H33N3.C21H16BrN3/c1-2-44-48-40-25-14-26-42-47(40)50(44)41-28-27-34(30-43(41)49(42)35-19-7-4-8-20-35)46-38-23-11-9-21-36(38)45(37-22-10-12-24-39(37)46)33-18-13-17-32(29-33)31-15-5-3-6-16-31;1-2-20-23-16-9-6-10-18-21(16)25(20)17-12-11-14(22)13-19(17)24(18)15-7-4-3-5-8-15/h3-30H,2H2,1H3;3-13H,2H2,1H3. The number of anilines is 6. The summed E-state index contributed by atoms with van der Waals surface area (Å²) in [7, 11) is 0. The molecule has 4 heterocycles. The van der Waals surface area contributed by atoms with Crippen LogP contribution < -0.4 is 9.80 Å². The smallest absolute Gasteiger partial charge is 0.114 e. The van der Waals surface area contributed by atoms with Crippen LogP contribution in [-0.2, 0) is 12.8 Å². The number of imidazole rings is 2. The molecule has 0 radical (unpaired) electrons. The SMILES string of the molecule is CCc1nc2cccc3c2n1-c1ccc(-c2c4ccccc4c(-c4cccc(-c5ccccc5)c4)c4ccccc24)cc1N3c1ccccc1.CCc1nc2cccc3c2n1-c1ccc(Br)cc1N3c1ccccc1. The number of aryl methyl sites for hydroxylation is 2. The van der Waals surface area contributed by atoms with Gasteiger partial charge in [-0.05, 0) is 140 Å². The zero-order valence-corrected chi connectivity index (χ0v) is 43.1. The molecule has 358 valence electrons. The average molecular weight is 1030 g/mol. The monoisotopic (exact) mass is 1030 g/mol. The second-order valence-electron chi connectivity index (χ2n) is 19.2. The summed E-state index contributed by atoms with van der Waals surface area (Å²) in [6.07, 6.45) is 1.75. The minimum absolute atomic E-state index is 0.850. The maximum atomic E-state index is 5.09. The van der Waals surface area contributed by atoms with Crippen LogP contribution >= 0.6 is 15.9 Å². The first-order valence-electron chi connectivity index (χ1n) is 25.8. The molecule has 15 rings (SSSR count). The van der Waals surface area contributed by atoms with E-state index in [0.29, 0.717) is 0 Å². The molecule has 2 aliphatic heterocycles. The van der Waals surface area contributed by atoms with E-state index < -0.39 is 0 Å².